The molecule has 0 saturated carbocycles. The lowest BCUT2D eigenvalue weighted by Crippen LogP contribution is -2.54. The van der Waals surface area contributed by atoms with E-state index < -0.39 is 10.0 Å². The summed E-state index contributed by atoms with van der Waals surface area (Å²) in [5.74, 6) is 0.690. The molecular formula is C17H27N3O5S. The number of nitrogens with zero attached hydrogens (tertiary/aromatic N) is 2. The van der Waals surface area contributed by atoms with E-state index in [-0.39, 0.29) is 22.6 Å². The molecule has 1 heterocycles. The van der Waals surface area contributed by atoms with Crippen LogP contribution in [0.3, 0.4) is 0 Å². The van der Waals surface area contributed by atoms with Gasteiger partial charge in [0, 0.05) is 38.8 Å². The molecule has 26 heavy (non-hydrogen) atoms. The van der Waals surface area contributed by atoms with E-state index in [1.54, 1.807) is 12.1 Å². The fourth-order valence-corrected chi connectivity index (χ4v) is 4.54. The van der Waals surface area contributed by atoms with Crippen molar-refractivity contribution in [2.75, 3.05) is 46.9 Å². The normalized spacial score (nSPS) is 17.5. The summed E-state index contributed by atoms with van der Waals surface area (Å²) < 4.78 is 37.9. The molecule has 0 aliphatic carbocycles. The highest BCUT2D eigenvalue weighted by Gasteiger charge is 2.33. The Bertz CT molecular complexity index is 730. The first-order valence-electron chi connectivity index (χ1n) is 8.59. The zero-order valence-corrected chi connectivity index (χ0v) is 16.5. The maximum absolute atomic E-state index is 13.0. The number of likely N-dealkylation sites (N-methyl/N-ethyl adjacent to an activating group) is 1. The molecule has 8 nitrogen and oxygen atoms in total. The first-order valence-corrected chi connectivity index (χ1v) is 10.0. The van der Waals surface area contributed by atoms with Crippen LogP contribution in [0.15, 0.2) is 23.1 Å². The Hall–Kier alpha value is -1.84. The first-order chi connectivity index (χ1) is 12.3. The van der Waals surface area contributed by atoms with Gasteiger partial charge in [0.15, 0.2) is 0 Å². The van der Waals surface area contributed by atoms with Gasteiger partial charge >= 0.3 is 0 Å². The van der Waals surface area contributed by atoms with E-state index in [9.17, 15) is 13.2 Å². The second-order valence-corrected chi connectivity index (χ2v) is 7.93. The fraction of sp³-hybridized carbons (Fsp3) is 0.588. The Morgan fingerprint density at radius 3 is 2.38 bits per heavy atom. The molecular weight excluding hydrogens is 358 g/mol. The third-order valence-corrected chi connectivity index (χ3v) is 6.46. The molecule has 0 radical (unpaired) electrons. The van der Waals surface area contributed by atoms with Gasteiger partial charge in [0.25, 0.3) is 0 Å². The van der Waals surface area contributed by atoms with Gasteiger partial charge in [-0.1, -0.05) is 0 Å². The number of sulfonamides is 1. The predicted octanol–water partition coefficient (Wildman–Crippen LogP) is 0.535. The van der Waals surface area contributed by atoms with Crippen LogP contribution in [-0.2, 0) is 14.8 Å². The molecule has 1 aliphatic rings. The van der Waals surface area contributed by atoms with Crippen LogP contribution in [0.2, 0.25) is 0 Å². The van der Waals surface area contributed by atoms with Crippen LogP contribution >= 0.6 is 0 Å². The lowest BCUT2D eigenvalue weighted by molar-refractivity contribution is -0.126. The van der Waals surface area contributed by atoms with E-state index in [0.717, 1.165) is 0 Å². The Morgan fingerprint density at radius 2 is 1.85 bits per heavy atom. The minimum atomic E-state index is -3.72. The number of amides is 1. The molecule has 0 bridgehead atoms. The summed E-state index contributed by atoms with van der Waals surface area (Å²) in [5.41, 5.74) is 0. The monoisotopic (exact) mass is 385 g/mol. The van der Waals surface area contributed by atoms with Gasteiger partial charge in [-0.25, -0.2) is 8.42 Å². The summed E-state index contributed by atoms with van der Waals surface area (Å²) >= 11 is 0. The van der Waals surface area contributed by atoms with Gasteiger partial charge in [0.1, 0.15) is 16.4 Å². The lowest BCUT2D eigenvalue weighted by Gasteiger charge is -2.36. The molecule has 1 aromatic rings. The van der Waals surface area contributed by atoms with E-state index in [0.29, 0.717) is 38.5 Å². The minimum Gasteiger partial charge on any atom is -0.497 e. The number of carbonyl (C=O) groups excluding carboxylic acids is 1. The van der Waals surface area contributed by atoms with Crippen molar-refractivity contribution in [1.29, 1.82) is 0 Å². The molecule has 2 rings (SSSR count). The number of benzene rings is 1. The van der Waals surface area contributed by atoms with Gasteiger partial charge in [-0.15, -0.1) is 0 Å². The summed E-state index contributed by atoms with van der Waals surface area (Å²) in [6.45, 7) is 5.89. The summed E-state index contributed by atoms with van der Waals surface area (Å²) in [6, 6.07) is 4.42. The highest BCUT2D eigenvalue weighted by atomic mass is 32.2. The number of methoxy groups -OCH3 is 2. The summed E-state index contributed by atoms with van der Waals surface area (Å²) in [7, 11) is -0.793. The van der Waals surface area contributed by atoms with Crippen molar-refractivity contribution in [3.05, 3.63) is 18.2 Å². The Labute approximate surface area is 155 Å². The van der Waals surface area contributed by atoms with E-state index >= 15 is 0 Å². The summed E-state index contributed by atoms with van der Waals surface area (Å²) in [5, 5.41) is 2.79. The number of rotatable bonds is 7. The minimum absolute atomic E-state index is 0.0433. The van der Waals surface area contributed by atoms with E-state index in [1.165, 1.54) is 24.6 Å². The van der Waals surface area contributed by atoms with Crippen molar-refractivity contribution in [2.45, 2.75) is 24.8 Å². The SMILES string of the molecule is CCNC(=O)[C@@H](C)N1CCN(S(=O)(=O)c2cc(OC)ccc2OC)CC1. The van der Waals surface area contributed by atoms with Crippen LogP contribution in [-0.4, -0.2) is 76.5 Å². The Balaban J connectivity index is 2.14. The highest BCUT2D eigenvalue weighted by molar-refractivity contribution is 7.89. The van der Waals surface area contributed by atoms with Gasteiger partial charge in [-0.3, -0.25) is 9.69 Å². The van der Waals surface area contributed by atoms with Crippen LogP contribution in [0.1, 0.15) is 13.8 Å². The fourth-order valence-electron chi connectivity index (χ4n) is 2.94. The van der Waals surface area contributed by atoms with Gasteiger partial charge in [0.2, 0.25) is 15.9 Å². The van der Waals surface area contributed by atoms with Crippen molar-refractivity contribution in [1.82, 2.24) is 14.5 Å². The van der Waals surface area contributed by atoms with Crippen molar-refractivity contribution < 1.29 is 22.7 Å². The molecule has 0 aromatic heterocycles. The quantitative estimate of drug-likeness (QED) is 0.737. The Kier molecular flexibility index (Phi) is 6.85. The van der Waals surface area contributed by atoms with Crippen LogP contribution in [0.25, 0.3) is 0 Å². The molecule has 1 saturated heterocycles. The average molecular weight is 385 g/mol. The molecule has 1 amide bonds. The molecule has 146 valence electrons. The molecule has 1 aliphatic heterocycles. The molecule has 0 unspecified atom stereocenters. The van der Waals surface area contributed by atoms with Crippen LogP contribution in [0.5, 0.6) is 11.5 Å². The number of piperazine rings is 1. The largest absolute Gasteiger partial charge is 0.497 e. The zero-order chi connectivity index (χ0) is 19.3. The van der Waals surface area contributed by atoms with Gasteiger partial charge in [-0.05, 0) is 26.0 Å². The third kappa shape index (κ3) is 4.28. The average Bonchev–Trinajstić information content (AvgIpc) is 2.67. The third-order valence-electron chi connectivity index (χ3n) is 4.54. The van der Waals surface area contributed by atoms with E-state index in [1.807, 2.05) is 18.7 Å². The van der Waals surface area contributed by atoms with Gasteiger partial charge < -0.3 is 14.8 Å². The van der Waals surface area contributed by atoms with E-state index in [4.69, 9.17) is 9.47 Å². The standard InChI is InChI=1S/C17H27N3O5S/c1-5-18-17(21)13(2)19-8-10-20(11-9-19)26(22,23)16-12-14(24-3)6-7-15(16)25-4/h6-7,12-13H,5,8-11H2,1-4H3,(H,18,21)/t13-/m1/s1. The maximum Gasteiger partial charge on any atom is 0.246 e. The highest BCUT2D eigenvalue weighted by Crippen LogP contribution is 2.31. The van der Waals surface area contributed by atoms with Crippen LogP contribution in [0, 0.1) is 0 Å². The number of hydrogen-bond donors (Lipinski definition) is 1. The van der Waals surface area contributed by atoms with Crippen molar-refractivity contribution in [3.63, 3.8) is 0 Å². The van der Waals surface area contributed by atoms with Crippen LogP contribution < -0.4 is 14.8 Å². The molecule has 1 atom stereocenters. The molecule has 1 aromatic carbocycles. The molecule has 9 heteroatoms. The molecule has 1 N–H and O–H groups in total. The first kappa shape index (κ1) is 20.5. The van der Waals surface area contributed by atoms with E-state index in [2.05, 4.69) is 5.32 Å². The maximum atomic E-state index is 13.0. The number of nitrogens with one attached hydrogen (secondary N) is 1. The second-order valence-electron chi connectivity index (χ2n) is 6.03. The molecule has 0 spiro atoms. The van der Waals surface area contributed by atoms with Gasteiger partial charge in [0.05, 0.1) is 20.3 Å². The van der Waals surface area contributed by atoms with Crippen molar-refractivity contribution >= 4 is 15.9 Å². The van der Waals surface area contributed by atoms with Crippen molar-refractivity contribution in [2.24, 2.45) is 0 Å². The summed E-state index contributed by atoms with van der Waals surface area (Å²) in [4.78, 5) is 14.1. The zero-order valence-electron chi connectivity index (χ0n) is 15.7. The topological polar surface area (TPSA) is 88.2 Å². The predicted molar refractivity (Wildman–Crippen MR) is 98.0 cm³/mol. The van der Waals surface area contributed by atoms with Gasteiger partial charge in [-0.2, -0.15) is 4.31 Å². The lowest BCUT2D eigenvalue weighted by atomic mass is 10.2. The number of ether oxygens (including phenoxy) is 2. The Morgan fingerprint density at radius 1 is 1.19 bits per heavy atom. The second kappa shape index (κ2) is 8.70. The number of carbonyl (C=O) groups is 1. The van der Waals surface area contributed by atoms with Crippen molar-refractivity contribution in [3.8, 4) is 11.5 Å². The summed E-state index contributed by atoms with van der Waals surface area (Å²) in [6.07, 6.45) is 0. The molecule has 1 fully saturated rings. The smallest absolute Gasteiger partial charge is 0.246 e. The van der Waals surface area contributed by atoms with Crippen LogP contribution in [0.4, 0.5) is 0 Å². The number of hydrogen-bond acceptors (Lipinski definition) is 6.